The number of fused-ring (bicyclic) bond motifs is 2. The predicted octanol–water partition coefficient (Wildman–Crippen LogP) is 5.97. The molecule has 2 aliphatic rings. The molecule has 4 aromatic rings. The minimum absolute atomic E-state index is 0.0370. The summed E-state index contributed by atoms with van der Waals surface area (Å²) >= 11 is 6.35. The number of aromatic hydroxyl groups is 1. The van der Waals surface area contributed by atoms with Crippen molar-refractivity contribution >= 4 is 45.0 Å². The molecule has 2 aliphatic heterocycles. The van der Waals surface area contributed by atoms with Crippen LogP contribution in [-0.4, -0.2) is 82.7 Å². The number of nitrogens with zero attached hydrogens (tertiary/aromatic N) is 6. The highest BCUT2D eigenvalue weighted by molar-refractivity contribution is 6.37. The van der Waals surface area contributed by atoms with E-state index in [4.69, 9.17) is 16.3 Å². The van der Waals surface area contributed by atoms with Crippen molar-refractivity contribution in [1.29, 1.82) is 5.26 Å². The summed E-state index contributed by atoms with van der Waals surface area (Å²) in [5, 5.41) is 21.5. The zero-order chi connectivity index (χ0) is 32.7. The van der Waals surface area contributed by atoms with E-state index >= 15 is 4.39 Å². The summed E-state index contributed by atoms with van der Waals surface area (Å²) in [6.45, 7) is 4.52. The Balaban J connectivity index is 1.50. The van der Waals surface area contributed by atoms with Crippen molar-refractivity contribution in [1.82, 2.24) is 19.8 Å². The van der Waals surface area contributed by atoms with E-state index in [1.54, 1.807) is 17.0 Å². The van der Waals surface area contributed by atoms with Crippen LogP contribution in [0.25, 0.3) is 32.8 Å². The maximum atomic E-state index is 16.7. The SMILES string of the molecule is C=C(F)C(=O)N1CCN(c2nc(OC[C@@H]3CCCN3C)nc3c(F)c(-c4cccc5ccc(F)c(Cl)c45)c(O)cc23)C[C@@H]1CC#N. The standard InChI is InChI=1S/C33H30ClF3N6O3/c1-18(35)32(45)43-14-13-42(16-20(43)10-11-38)31-23-15-25(44)27(22-7-3-5-19-8-9-24(36)28(34)26(19)22)29(37)30(23)39-33(40-31)46-17-21-6-4-12-41(21)2/h3,5,7-9,15,20-21,44H,1,4,6,10,12-14,16-17H2,2H3/t20-,21-/m0/s1. The lowest BCUT2D eigenvalue weighted by Crippen LogP contribution is -2.55. The first kappa shape index (κ1) is 31.4. The van der Waals surface area contributed by atoms with Crippen molar-refractivity contribution in [3.63, 3.8) is 0 Å². The molecule has 2 saturated heterocycles. The number of hydrogen-bond donors (Lipinski definition) is 1. The largest absolute Gasteiger partial charge is 0.507 e. The number of benzene rings is 3. The molecule has 1 N–H and O–H groups in total. The second-order valence-corrected chi connectivity index (χ2v) is 11.9. The van der Waals surface area contributed by atoms with E-state index in [-0.39, 0.29) is 83.0 Å². The molecule has 0 radical (unpaired) electrons. The third kappa shape index (κ3) is 5.65. The molecule has 0 saturated carbocycles. The summed E-state index contributed by atoms with van der Waals surface area (Å²) in [4.78, 5) is 26.7. The Morgan fingerprint density at radius 3 is 2.72 bits per heavy atom. The summed E-state index contributed by atoms with van der Waals surface area (Å²) in [5.41, 5.74) is -0.220. The van der Waals surface area contributed by atoms with Crippen molar-refractivity contribution in [3.8, 4) is 29.0 Å². The number of likely N-dealkylation sites (N-methyl/N-ethyl adjacent to an activating group) is 1. The van der Waals surface area contributed by atoms with Gasteiger partial charge in [-0.05, 0) is 49.5 Å². The fraction of sp³-hybridized carbons (Fsp3) is 0.333. The Kier molecular flexibility index (Phi) is 8.63. The lowest BCUT2D eigenvalue weighted by atomic mass is 9.95. The number of carbonyl (C=O) groups excluding carboxylic acids is 1. The molecule has 2 fully saturated rings. The monoisotopic (exact) mass is 650 g/mol. The molecule has 238 valence electrons. The number of anilines is 1. The Labute approximate surface area is 268 Å². The van der Waals surface area contributed by atoms with E-state index in [1.165, 1.54) is 29.2 Å². The summed E-state index contributed by atoms with van der Waals surface area (Å²) in [6, 6.07) is 10.3. The molecule has 9 nitrogen and oxygen atoms in total. The van der Waals surface area contributed by atoms with E-state index in [2.05, 4.69) is 21.4 Å². The lowest BCUT2D eigenvalue weighted by Gasteiger charge is -2.41. The molecule has 0 spiro atoms. The highest BCUT2D eigenvalue weighted by Crippen LogP contribution is 2.44. The Bertz CT molecular complexity index is 1920. The second kappa shape index (κ2) is 12.7. The van der Waals surface area contributed by atoms with Crippen LogP contribution in [0.4, 0.5) is 19.0 Å². The minimum atomic E-state index is -1.13. The topological polar surface area (TPSA) is 106 Å². The normalized spacial score (nSPS) is 18.7. The van der Waals surface area contributed by atoms with Gasteiger partial charge < -0.3 is 24.5 Å². The van der Waals surface area contributed by atoms with Gasteiger partial charge in [0.1, 0.15) is 29.5 Å². The van der Waals surface area contributed by atoms with Gasteiger partial charge in [0.05, 0.1) is 29.1 Å². The predicted molar refractivity (Wildman–Crippen MR) is 168 cm³/mol. The van der Waals surface area contributed by atoms with Crippen molar-refractivity contribution < 1.29 is 27.8 Å². The maximum absolute atomic E-state index is 16.7. The van der Waals surface area contributed by atoms with E-state index < -0.39 is 35.2 Å². The number of ether oxygens (including phenoxy) is 1. The van der Waals surface area contributed by atoms with Crippen LogP contribution in [0.5, 0.6) is 11.8 Å². The fourth-order valence-corrected chi connectivity index (χ4v) is 6.64. The first-order valence-corrected chi connectivity index (χ1v) is 15.2. The second-order valence-electron chi connectivity index (χ2n) is 11.5. The number of amides is 1. The zero-order valence-corrected chi connectivity index (χ0v) is 25.7. The number of halogens is 4. The fourth-order valence-electron chi connectivity index (χ4n) is 6.37. The van der Waals surface area contributed by atoms with Crippen molar-refractivity contribution in [2.24, 2.45) is 0 Å². The van der Waals surface area contributed by atoms with E-state index in [9.17, 15) is 23.9 Å². The van der Waals surface area contributed by atoms with Gasteiger partial charge in [-0.2, -0.15) is 15.2 Å². The van der Waals surface area contributed by atoms with Crippen molar-refractivity contribution in [2.45, 2.75) is 31.3 Å². The van der Waals surface area contributed by atoms with Crippen LogP contribution in [0, 0.1) is 23.0 Å². The quantitative estimate of drug-likeness (QED) is 0.244. The summed E-state index contributed by atoms with van der Waals surface area (Å²) in [5.74, 6) is -3.89. The number of aromatic nitrogens is 2. The number of phenols is 1. The van der Waals surface area contributed by atoms with Crippen LogP contribution >= 0.6 is 11.6 Å². The lowest BCUT2D eigenvalue weighted by molar-refractivity contribution is -0.131. The molecule has 0 unspecified atom stereocenters. The van der Waals surface area contributed by atoms with Crippen LogP contribution in [0.3, 0.4) is 0 Å². The van der Waals surface area contributed by atoms with Crippen LogP contribution in [0.1, 0.15) is 19.3 Å². The van der Waals surface area contributed by atoms with E-state index in [1.807, 2.05) is 13.1 Å². The average Bonchev–Trinajstić information content (AvgIpc) is 3.45. The molecule has 13 heteroatoms. The molecule has 6 rings (SSSR count). The molecule has 0 bridgehead atoms. The van der Waals surface area contributed by atoms with Gasteiger partial charge >= 0.3 is 6.01 Å². The molecule has 1 amide bonds. The molecule has 0 aliphatic carbocycles. The summed E-state index contributed by atoms with van der Waals surface area (Å²) < 4.78 is 51.1. The molecule has 1 aromatic heterocycles. The highest BCUT2D eigenvalue weighted by atomic mass is 35.5. The minimum Gasteiger partial charge on any atom is -0.507 e. The van der Waals surface area contributed by atoms with Gasteiger partial charge in [-0.1, -0.05) is 42.4 Å². The summed E-state index contributed by atoms with van der Waals surface area (Å²) in [7, 11) is 1.99. The van der Waals surface area contributed by atoms with Gasteiger partial charge in [0.2, 0.25) is 0 Å². The van der Waals surface area contributed by atoms with Crippen LogP contribution in [0.15, 0.2) is 48.8 Å². The average molecular weight is 651 g/mol. The van der Waals surface area contributed by atoms with Gasteiger partial charge in [-0.25, -0.2) is 13.2 Å². The van der Waals surface area contributed by atoms with E-state index in [0.29, 0.717) is 5.39 Å². The molecule has 46 heavy (non-hydrogen) atoms. The van der Waals surface area contributed by atoms with Crippen LogP contribution in [-0.2, 0) is 4.79 Å². The molecule has 3 aromatic carbocycles. The highest BCUT2D eigenvalue weighted by Gasteiger charge is 2.34. The molecule has 2 atom stereocenters. The van der Waals surface area contributed by atoms with Crippen molar-refractivity contribution in [2.75, 3.05) is 44.7 Å². The number of phenolic OH excluding ortho intramolecular Hbond substituents is 1. The third-order valence-electron chi connectivity index (χ3n) is 8.75. The van der Waals surface area contributed by atoms with E-state index in [0.717, 1.165) is 19.4 Å². The number of nitriles is 1. The number of piperazine rings is 1. The first-order chi connectivity index (χ1) is 22.1. The molecular formula is C33H30ClF3N6O3. The Hall–Kier alpha value is -4.60. The number of carbonyl (C=O) groups is 1. The molecule has 3 heterocycles. The number of rotatable bonds is 7. The Morgan fingerprint density at radius 2 is 2.00 bits per heavy atom. The zero-order valence-electron chi connectivity index (χ0n) is 24.9. The smallest absolute Gasteiger partial charge is 0.319 e. The van der Waals surface area contributed by atoms with Gasteiger partial charge in [0.15, 0.2) is 11.6 Å². The van der Waals surface area contributed by atoms with Gasteiger partial charge in [0.25, 0.3) is 5.91 Å². The van der Waals surface area contributed by atoms with Gasteiger partial charge in [-0.3, -0.25) is 4.79 Å². The summed E-state index contributed by atoms with van der Waals surface area (Å²) in [6.07, 6.45) is 1.82. The third-order valence-corrected chi connectivity index (χ3v) is 9.12. The van der Waals surface area contributed by atoms with Crippen molar-refractivity contribution in [3.05, 3.63) is 65.5 Å². The van der Waals surface area contributed by atoms with Crippen LogP contribution < -0.4 is 9.64 Å². The Morgan fingerprint density at radius 1 is 1.20 bits per heavy atom. The van der Waals surface area contributed by atoms with Gasteiger partial charge in [-0.15, -0.1) is 0 Å². The number of hydrogen-bond acceptors (Lipinski definition) is 8. The molecular weight excluding hydrogens is 621 g/mol. The first-order valence-electron chi connectivity index (χ1n) is 14.8. The number of likely N-dealkylation sites (tertiary alicyclic amines) is 1. The maximum Gasteiger partial charge on any atom is 0.319 e. The van der Waals surface area contributed by atoms with Crippen LogP contribution in [0.2, 0.25) is 5.02 Å². The van der Waals surface area contributed by atoms with Gasteiger partial charge in [0, 0.05) is 36.4 Å².